The number of aliphatic carboxylic acids is 1. The van der Waals surface area contributed by atoms with Gasteiger partial charge in [-0.3, -0.25) is 14.7 Å². The second-order valence-electron chi connectivity index (χ2n) is 10.5. The molecule has 3 fully saturated rings. The zero-order chi connectivity index (χ0) is 26.6. The highest BCUT2D eigenvalue weighted by atomic mass is 35.5. The molecule has 6 atom stereocenters. The first-order valence-electron chi connectivity index (χ1n) is 12.8. The third-order valence-corrected chi connectivity index (χ3v) is 8.57. The fourth-order valence-electron chi connectivity index (χ4n) is 6.07. The highest BCUT2D eigenvalue weighted by Gasteiger charge is 2.62. The molecule has 10 heteroatoms. The number of dihydropyridines is 1. The first-order chi connectivity index (χ1) is 18.3. The molecule has 0 aromatic heterocycles. The number of benzene rings is 2. The molecule has 3 heterocycles. The Morgan fingerprint density at radius 1 is 1.18 bits per heavy atom. The molecule has 0 bridgehead atoms. The predicted octanol–water partition coefficient (Wildman–Crippen LogP) is 4.51. The van der Waals surface area contributed by atoms with Crippen LogP contribution in [-0.2, 0) is 9.59 Å². The topological polar surface area (TPSA) is 94.0 Å². The van der Waals surface area contributed by atoms with Crippen LogP contribution >= 0.6 is 23.2 Å². The lowest BCUT2D eigenvalue weighted by molar-refractivity contribution is -0.138. The number of anilines is 1. The number of aliphatic imine (C=N–C) groups is 1. The van der Waals surface area contributed by atoms with Crippen molar-refractivity contribution in [3.05, 3.63) is 75.5 Å². The van der Waals surface area contributed by atoms with Crippen LogP contribution in [-0.4, -0.2) is 64.9 Å². The molecule has 2 saturated heterocycles. The lowest BCUT2D eigenvalue weighted by Gasteiger charge is -2.48. The minimum absolute atomic E-state index is 0.0198. The number of hydrogen-bond acceptors (Lipinski definition) is 5. The van der Waals surface area contributed by atoms with E-state index in [2.05, 4.69) is 20.5 Å². The summed E-state index contributed by atoms with van der Waals surface area (Å²) < 4.78 is 15.5. The number of carboxylic acid groups (broad SMARTS) is 1. The number of likely N-dealkylation sites (tertiary alicyclic amines) is 1. The van der Waals surface area contributed by atoms with Crippen molar-refractivity contribution < 1.29 is 19.1 Å². The van der Waals surface area contributed by atoms with E-state index in [9.17, 15) is 14.7 Å². The van der Waals surface area contributed by atoms with Crippen LogP contribution in [0.1, 0.15) is 30.7 Å². The smallest absolute Gasteiger partial charge is 0.328 e. The van der Waals surface area contributed by atoms with Gasteiger partial charge in [0.1, 0.15) is 5.82 Å². The molecule has 2 aromatic rings. The molecule has 0 radical (unpaired) electrons. The van der Waals surface area contributed by atoms with Crippen LogP contribution in [0.15, 0.2) is 59.1 Å². The maximum absolute atomic E-state index is 15.5. The number of carboxylic acids is 1. The van der Waals surface area contributed by atoms with Crippen molar-refractivity contribution in [2.75, 3.05) is 11.9 Å². The van der Waals surface area contributed by atoms with Crippen LogP contribution in [0, 0.1) is 11.7 Å². The summed E-state index contributed by atoms with van der Waals surface area (Å²) in [7, 11) is 0. The van der Waals surface area contributed by atoms with Gasteiger partial charge in [-0.1, -0.05) is 47.5 Å². The molecule has 2 aromatic carbocycles. The maximum atomic E-state index is 15.5. The summed E-state index contributed by atoms with van der Waals surface area (Å²) in [6.45, 7) is 0.716. The van der Waals surface area contributed by atoms with Crippen LogP contribution in [0.2, 0.25) is 10.0 Å². The van der Waals surface area contributed by atoms with Gasteiger partial charge in [0.25, 0.3) is 0 Å². The molecule has 1 amide bonds. The predicted molar refractivity (Wildman–Crippen MR) is 145 cm³/mol. The molecule has 4 aliphatic rings. The Labute approximate surface area is 229 Å². The third-order valence-electron chi connectivity index (χ3n) is 8.04. The van der Waals surface area contributed by atoms with E-state index in [4.69, 9.17) is 23.2 Å². The Bertz CT molecular complexity index is 1350. The van der Waals surface area contributed by atoms with E-state index in [0.29, 0.717) is 35.2 Å². The molecule has 1 aliphatic carbocycles. The van der Waals surface area contributed by atoms with Crippen molar-refractivity contribution in [3.8, 4) is 0 Å². The molecule has 198 valence electrons. The fourth-order valence-corrected chi connectivity index (χ4v) is 6.44. The summed E-state index contributed by atoms with van der Waals surface area (Å²) >= 11 is 12.3. The normalized spacial score (nSPS) is 30.3. The van der Waals surface area contributed by atoms with Gasteiger partial charge in [0.2, 0.25) is 5.91 Å². The van der Waals surface area contributed by atoms with E-state index < -0.39 is 29.8 Å². The molecule has 38 heavy (non-hydrogen) atoms. The Morgan fingerprint density at radius 2 is 1.97 bits per heavy atom. The fraction of sp³-hybridized carbons (Fsp3) is 0.393. The Balaban J connectivity index is 1.37. The van der Waals surface area contributed by atoms with E-state index >= 15 is 4.39 Å². The number of carbonyl (C=O) groups is 2. The van der Waals surface area contributed by atoms with E-state index in [-0.39, 0.29) is 29.1 Å². The van der Waals surface area contributed by atoms with Crippen molar-refractivity contribution in [1.82, 2.24) is 10.2 Å². The molecule has 3 N–H and O–H groups in total. The van der Waals surface area contributed by atoms with Gasteiger partial charge < -0.3 is 15.7 Å². The van der Waals surface area contributed by atoms with Gasteiger partial charge in [-0.25, -0.2) is 9.18 Å². The van der Waals surface area contributed by atoms with Gasteiger partial charge in [-0.15, -0.1) is 0 Å². The molecular weight excluding hydrogens is 530 g/mol. The quantitative estimate of drug-likeness (QED) is 0.466. The first-order valence-corrected chi connectivity index (χ1v) is 13.6. The summed E-state index contributed by atoms with van der Waals surface area (Å²) in [6, 6.07) is 10.0. The van der Waals surface area contributed by atoms with Gasteiger partial charge in [0.05, 0.1) is 17.1 Å². The number of nitrogens with one attached hydrogen (secondary N) is 2. The highest BCUT2D eigenvalue weighted by Crippen LogP contribution is 2.49. The van der Waals surface area contributed by atoms with Crippen LogP contribution < -0.4 is 10.6 Å². The standard InChI is InChI=1S/C28H27Cl2FN4O3/c29-16-3-1-4-17(11-16)33-27(36)25-21(18-5-2-6-19(30)22(18)31)24-26(35(25)13-14-7-8-14)23(34-24)15-9-10-20(28(37)38)32-12-15/h1-6,9,11-12,14,20-21,23-26,34H,7-8,10,13H2,(H,33,36)(H,37,38). The van der Waals surface area contributed by atoms with Crippen molar-refractivity contribution >= 4 is 47.0 Å². The number of amides is 1. The molecule has 6 rings (SSSR count). The van der Waals surface area contributed by atoms with Gasteiger partial charge in [-0.2, -0.15) is 0 Å². The average Bonchev–Trinajstić information content (AvgIpc) is 3.65. The Hall–Kier alpha value is -2.78. The number of nitrogens with zero attached hydrogens (tertiary/aromatic N) is 2. The van der Waals surface area contributed by atoms with E-state index in [1.54, 1.807) is 42.6 Å². The average molecular weight is 557 g/mol. The Morgan fingerprint density at radius 3 is 2.66 bits per heavy atom. The van der Waals surface area contributed by atoms with Crippen LogP contribution in [0.4, 0.5) is 10.1 Å². The molecule has 7 nitrogen and oxygen atoms in total. The van der Waals surface area contributed by atoms with E-state index in [0.717, 1.165) is 18.4 Å². The van der Waals surface area contributed by atoms with Crippen LogP contribution in [0.25, 0.3) is 0 Å². The summed E-state index contributed by atoms with van der Waals surface area (Å²) in [4.78, 5) is 31.8. The lowest BCUT2D eigenvalue weighted by atomic mass is 9.77. The minimum atomic E-state index is -0.957. The van der Waals surface area contributed by atoms with Gasteiger partial charge in [-0.05, 0) is 60.6 Å². The molecule has 3 aliphatic heterocycles. The lowest BCUT2D eigenvalue weighted by Crippen LogP contribution is -2.69. The molecular formula is C28H27Cl2FN4O3. The third kappa shape index (κ3) is 4.64. The van der Waals surface area contributed by atoms with Crippen molar-refractivity contribution in [3.63, 3.8) is 0 Å². The van der Waals surface area contributed by atoms with Crippen molar-refractivity contribution in [1.29, 1.82) is 0 Å². The number of carbonyl (C=O) groups excluding carboxylic acids is 1. The summed E-state index contributed by atoms with van der Waals surface area (Å²) in [5, 5.41) is 16.4. The Kier molecular flexibility index (Phi) is 6.76. The van der Waals surface area contributed by atoms with Gasteiger partial charge in [0, 0.05) is 41.5 Å². The molecule has 1 saturated carbocycles. The molecule has 6 unspecified atom stereocenters. The first kappa shape index (κ1) is 25.5. The highest BCUT2D eigenvalue weighted by molar-refractivity contribution is 6.31. The zero-order valence-electron chi connectivity index (χ0n) is 20.4. The largest absolute Gasteiger partial charge is 0.480 e. The SMILES string of the molecule is O=C(O)C1CC=C(C2NC3C(c4cccc(Cl)c4F)C(C(=O)Nc4cccc(Cl)c4)N(CC4CC4)C23)C=N1. The minimum Gasteiger partial charge on any atom is -0.480 e. The number of hydrogen-bond donors (Lipinski definition) is 3. The van der Waals surface area contributed by atoms with E-state index in [1.165, 1.54) is 6.07 Å². The van der Waals surface area contributed by atoms with E-state index in [1.807, 2.05) is 6.08 Å². The van der Waals surface area contributed by atoms with Gasteiger partial charge >= 0.3 is 5.97 Å². The summed E-state index contributed by atoms with van der Waals surface area (Å²) in [6.07, 6.45) is 6.03. The number of halogens is 3. The molecule has 0 spiro atoms. The monoisotopic (exact) mass is 556 g/mol. The number of rotatable bonds is 7. The maximum Gasteiger partial charge on any atom is 0.328 e. The second-order valence-corrected chi connectivity index (χ2v) is 11.3. The van der Waals surface area contributed by atoms with Gasteiger partial charge in [0.15, 0.2) is 6.04 Å². The van der Waals surface area contributed by atoms with Crippen LogP contribution in [0.5, 0.6) is 0 Å². The number of fused-ring (bicyclic) bond motifs is 1. The zero-order valence-corrected chi connectivity index (χ0v) is 21.9. The van der Waals surface area contributed by atoms with Crippen LogP contribution in [0.3, 0.4) is 0 Å². The second kappa shape index (κ2) is 10.1. The van der Waals surface area contributed by atoms with Crippen molar-refractivity contribution in [2.45, 2.75) is 55.4 Å². The summed E-state index contributed by atoms with van der Waals surface area (Å²) in [5.41, 5.74) is 1.87. The van der Waals surface area contributed by atoms with Crippen molar-refractivity contribution in [2.24, 2.45) is 10.9 Å². The summed E-state index contributed by atoms with van der Waals surface area (Å²) in [5.74, 6) is -1.71.